The third kappa shape index (κ3) is 2.53. The summed E-state index contributed by atoms with van der Waals surface area (Å²) in [4.78, 5) is 31.6. The third-order valence-electron chi connectivity index (χ3n) is 4.24. The van der Waals surface area contributed by atoms with Crippen LogP contribution in [0.15, 0.2) is 46.2 Å². The minimum atomic E-state index is -0.442. The molecule has 0 unspecified atom stereocenters. The predicted octanol–water partition coefficient (Wildman–Crippen LogP) is 1.01. The van der Waals surface area contributed by atoms with Crippen molar-refractivity contribution < 1.29 is 4.39 Å². The van der Waals surface area contributed by atoms with Crippen LogP contribution in [0.4, 0.5) is 4.39 Å². The van der Waals surface area contributed by atoms with Crippen molar-refractivity contribution in [2.24, 2.45) is 14.1 Å². The van der Waals surface area contributed by atoms with Crippen LogP contribution in [0.3, 0.4) is 0 Å². The Morgan fingerprint density at radius 1 is 1.19 bits per heavy atom. The number of imidazole rings is 1. The molecule has 0 amide bonds. The standard InChI is InChI=1S/C17H15FN6O2/c1-22-15-13(16(25)23(2)17(22)26)20-14(21-15)11-7-19-24(9-11)8-10-4-3-5-12(18)6-10/h3-7,9H,8H2,1-2H3,(H,20,21). The Morgan fingerprint density at radius 3 is 2.77 bits per heavy atom. The second-order valence-electron chi connectivity index (χ2n) is 6.05. The molecule has 26 heavy (non-hydrogen) atoms. The average Bonchev–Trinajstić information content (AvgIpc) is 3.25. The monoisotopic (exact) mass is 354 g/mol. The molecule has 0 saturated carbocycles. The molecule has 1 N–H and O–H groups in total. The summed E-state index contributed by atoms with van der Waals surface area (Å²) < 4.78 is 17.3. The molecule has 0 bridgehead atoms. The van der Waals surface area contributed by atoms with Crippen LogP contribution in [-0.4, -0.2) is 28.9 Å². The third-order valence-corrected chi connectivity index (χ3v) is 4.24. The summed E-state index contributed by atoms with van der Waals surface area (Å²) in [6.45, 7) is 0.401. The molecule has 0 saturated heterocycles. The Morgan fingerprint density at radius 2 is 2.00 bits per heavy atom. The fraction of sp³-hybridized carbons (Fsp3) is 0.176. The van der Waals surface area contributed by atoms with Gasteiger partial charge in [0.15, 0.2) is 5.65 Å². The van der Waals surface area contributed by atoms with Crippen LogP contribution in [0.1, 0.15) is 5.56 Å². The van der Waals surface area contributed by atoms with Gasteiger partial charge in [-0.05, 0) is 17.7 Å². The fourth-order valence-corrected chi connectivity index (χ4v) is 2.86. The molecule has 0 atom stereocenters. The maximum absolute atomic E-state index is 13.3. The Labute approximate surface area is 146 Å². The summed E-state index contributed by atoms with van der Waals surface area (Å²) in [6, 6.07) is 6.29. The van der Waals surface area contributed by atoms with Gasteiger partial charge in [0, 0.05) is 20.3 Å². The first-order valence-electron chi connectivity index (χ1n) is 7.87. The molecule has 0 aliphatic rings. The van der Waals surface area contributed by atoms with E-state index in [1.807, 2.05) is 6.07 Å². The van der Waals surface area contributed by atoms with Crippen molar-refractivity contribution in [3.8, 4) is 11.4 Å². The number of aromatic nitrogens is 6. The number of aromatic amines is 1. The van der Waals surface area contributed by atoms with Crippen LogP contribution in [0.25, 0.3) is 22.6 Å². The molecule has 3 aromatic heterocycles. The highest BCUT2D eigenvalue weighted by molar-refractivity contribution is 5.75. The summed E-state index contributed by atoms with van der Waals surface area (Å²) in [5, 5.41) is 4.25. The Hall–Kier alpha value is -3.49. The van der Waals surface area contributed by atoms with Crippen LogP contribution in [0, 0.1) is 5.82 Å². The zero-order chi connectivity index (χ0) is 18.4. The molecular weight excluding hydrogens is 339 g/mol. The Balaban J connectivity index is 1.74. The van der Waals surface area contributed by atoms with E-state index in [1.54, 1.807) is 30.2 Å². The van der Waals surface area contributed by atoms with Gasteiger partial charge < -0.3 is 4.98 Å². The molecule has 0 spiro atoms. The van der Waals surface area contributed by atoms with Crippen molar-refractivity contribution in [1.82, 2.24) is 28.9 Å². The predicted molar refractivity (Wildman–Crippen MR) is 93.3 cm³/mol. The maximum atomic E-state index is 13.3. The summed E-state index contributed by atoms with van der Waals surface area (Å²) in [5.74, 6) is 0.132. The number of fused-ring (bicyclic) bond motifs is 1. The highest BCUT2D eigenvalue weighted by Gasteiger charge is 2.15. The molecule has 4 rings (SSSR count). The second-order valence-corrected chi connectivity index (χ2v) is 6.05. The van der Waals surface area contributed by atoms with E-state index in [9.17, 15) is 14.0 Å². The molecule has 8 nitrogen and oxygen atoms in total. The minimum Gasteiger partial charge on any atom is -0.332 e. The van der Waals surface area contributed by atoms with Gasteiger partial charge in [-0.15, -0.1) is 0 Å². The number of rotatable bonds is 3. The van der Waals surface area contributed by atoms with Gasteiger partial charge in [0.1, 0.15) is 17.2 Å². The Bertz CT molecular complexity index is 1250. The number of H-pyrrole nitrogens is 1. The Kier molecular flexibility index (Phi) is 3.57. The molecule has 0 aliphatic carbocycles. The largest absolute Gasteiger partial charge is 0.332 e. The van der Waals surface area contributed by atoms with Gasteiger partial charge in [-0.25, -0.2) is 14.2 Å². The number of nitrogens with one attached hydrogen (secondary N) is 1. The van der Waals surface area contributed by atoms with E-state index < -0.39 is 11.2 Å². The highest BCUT2D eigenvalue weighted by atomic mass is 19.1. The lowest BCUT2D eigenvalue weighted by molar-refractivity contribution is 0.619. The van der Waals surface area contributed by atoms with E-state index in [4.69, 9.17) is 0 Å². The van der Waals surface area contributed by atoms with Crippen molar-refractivity contribution in [1.29, 1.82) is 0 Å². The van der Waals surface area contributed by atoms with Crippen LogP contribution < -0.4 is 11.2 Å². The zero-order valence-electron chi connectivity index (χ0n) is 14.1. The molecule has 9 heteroatoms. The van der Waals surface area contributed by atoms with Crippen molar-refractivity contribution in [2.75, 3.05) is 0 Å². The smallest absolute Gasteiger partial charge is 0.332 e. The van der Waals surface area contributed by atoms with E-state index in [-0.39, 0.29) is 17.0 Å². The van der Waals surface area contributed by atoms with Crippen molar-refractivity contribution in [2.45, 2.75) is 6.54 Å². The first kappa shape index (κ1) is 16.0. The summed E-state index contributed by atoms with van der Waals surface area (Å²) >= 11 is 0. The number of hydrogen-bond donors (Lipinski definition) is 1. The van der Waals surface area contributed by atoms with Crippen LogP contribution in [0.2, 0.25) is 0 Å². The number of aryl methyl sites for hydroxylation is 1. The summed E-state index contributed by atoms with van der Waals surface area (Å²) in [6.07, 6.45) is 3.34. The molecule has 132 valence electrons. The normalized spacial score (nSPS) is 11.3. The summed E-state index contributed by atoms with van der Waals surface area (Å²) in [5.41, 5.74) is 1.09. The van der Waals surface area contributed by atoms with Crippen molar-refractivity contribution in [3.05, 3.63) is 68.9 Å². The van der Waals surface area contributed by atoms with E-state index in [1.165, 1.54) is 23.7 Å². The van der Waals surface area contributed by atoms with Crippen LogP contribution >= 0.6 is 0 Å². The van der Waals surface area contributed by atoms with Gasteiger partial charge in [-0.2, -0.15) is 5.10 Å². The average molecular weight is 354 g/mol. The molecule has 3 heterocycles. The lowest BCUT2D eigenvalue weighted by atomic mass is 10.2. The van der Waals surface area contributed by atoms with E-state index >= 15 is 0 Å². The summed E-state index contributed by atoms with van der Waals surface area (Å²) in [7, 11) is 2.98. The van der Waals surface area contributed by atoms with Gasteiger partial charge in [0.2, 0.25) is 0 Å². The maximum Gasteiger partial charge on any atom is 0.332 e. The van der Waals surface area contributed by atoms with Crippen LogP contribution in [0.5, 0.6) is 0 Å². The molecule has 0 fully saturated rings. The lowest BCUT2D eigenvalue weighted by Crippen LogP contribution is -2.36. The topological polar surface area (TPSA) is 90.5 Å². The quantitative estimate of drug-likeness (QED) is 0.595. The number of nitrogens with zero attached hydrogens (tertiary/aromatic N) is 5. The lowest BCUT2D eigenvalue weighted by Gasteiger charge is -2.01. The van der Waals surface area contributed by atoms with Crippen molar-refractivity contribution >= 4 is 11.2 Å². The van der Waals surface area contributed by atoms with Gasteiger partial charge in [-0.1, -0.05) is 12.1 Å². The highest BCUT2D eigenvalue weighted by Crippen LogP contribution is 2.18. The number of benzene rings is 1. The minimum absolute atomic E-state index is 0.252. The number of halogens is 1. The first-order chi connectivity index (χ1) is 12.4. The van der Waals surface area contributed by atoms with Gasteiger partial charge >= 0.3 is 5.69 Å². The van der Waals surface area contributed by atoms with Crippen molar-refractivity contribution in [3.63, 3.8) is 0 Å². The SMILES string of the molecule is Cn1c(=O)c2[nH]c(-c3cnn(Cc4cccc(F)c4)c3)nc2n(C)c1=O. The van der Waals surface area contributed by atoms with E-state index in [2.05, 4.69) is 15.1 Å². The van der Waals surface area contributed by atoms with Gasteiger partial charge in [-0.3, -0.25) is 18.6 Å². The number of hydrogen-bond acceptors (Lipinski definition) is 4. The molecule has 0 radical (unpaired) electrons. The van der Waals surface area contributed by atoms with Gasteiger partial charge in [0.05, 0.1) is 18.3 Å². The molecule has 4 aromatic rings. The van der Waals surface area contributed by atoms with E-state index in [0.717, 1.165) is 10.1 Å². The zero-order valence-corrected chi connectivity index (χ0v) is 14.1. The molecule has 0 aliphatic heterocycles. The molecular formula is C17H15FN6O2. The molecule has 1 aromatic carbocycles. The first-order valence-corrected chi connectivity index (χ1v) is 7.87. The fourth-order valence-electron chi connectivity index (χ4n) is 2.86. The second kappa shape index (κ2) is 5.80. The van der Waals surface area contributed by atoms with Crippen LogP contribution in [-0.2, 0) is 20.6 Å². The van der Waals surface area contributed by atoms with E-state index in [0.29, 0.717) is 17.9 Å². The van der Waals surface area contributed by atoms with Gasteiger partial charge in [0.25, 0.3) is 5.56 Å².